The SMILES string of the molecule is O=C(CNc1cccc(Cl)c1)N1CCN(Cc2ccc3c(c2)OCO3)CC1. The molecule has 142 valence electrons. The number of fused-ring (bicyclic) bond motifs is 1. The summed E-state index contributed by atoms with van der Waals surface area (Å²) in [4.78, 5) is 16.7. The Bertz CT molecular complexity index is 822. The van der Waals surface area contributed by atoms with E-state index in [-0.39, 0.29) is 12.5 Å². The lowest BCUT2D eigenvalue weighted by Crippen LogP contribution is -2.49. The molecule has 0 aromatic heterocycles. The molecule has 2 aliphatic rings. The van der Waals surface area contributed by atoms with E-state index < -0.39 is 0 Å². The quantitative estimate of drug-likeness (QED) is 0.855. The van der Waals surface area contributed by atoms with Gasteiger partial charge in [0.05, 0.1) is 6.54 Å². The minimum Gasteiger partial charge on any atom is -0.454 e. The Morgan fingerprint density at radius 2 is 1.85 bits per heavy atom. The topological polar surface area (TPSA) is 54.0 Å². The van der Waals surface area contributed by atoms with E-state index in [1.165, 1.54) is 5.56 Å². The van der Waals surface area contributed by atoms with Crippen molar-refractivity contribution in [3.05, 3.63) is 53.1 Å². The highest BCUT2D eigenvalue weighted by Crippen LogP contribution is 2.32. The summed E-state index contributed by atoms with van der Waals surface area (Å²) in [6.45, 7) is 4.61. The maximum Gasteiger partial charge on any atom is 0.241 e. The number of nitrogens with zero attached hydrogens (tertiary/aromatic N) is 2. The Labute approximate surface area is 163 Å². The fourth-order valence-corrected chi connectivity index (χ4v) is 3.53. The van der Waals surface area contributed by atoms with Gasteiger partial charge in [0.1, 0.15) is 0 Å². The Kier molecular flexibility index (Phi) is 5.36. The van der Waals surface area contributed by atoms with Crippen molar-refractivity contribution >= 4 is 23.2 Å². The largest absolute Gasteiger partial charge is 0.454 e. The molecule has 1 fully saturated rings. The highest BCUT2D eigenvalue weighted by molar-refractivity contribution is 6.30. The third-order valence-electron chi connectivity index (χ3n) is 4.84. The van der Waals surface area contributed by atoms with Crippen molar-refractivity contribution in [3.63, 3.8) is 0 Å². The van der Waals surface area contributed by atoms with Crippen molar-refractivity contribution in [1.29, 1.82) is 0 Å². The Morgan fingerprint density at radius 1 is 1.04 bits per heavy atom. The molecule has 1 amide bonds. The third kappa shape index (κ3) is 4.46. The van der Waals surface area contributed by atoms with Crippen LogP contribution in [0, 0.1) is 0 Å². The van der Waals surface area contributed by atoms with E-state index in [0.717, 1.165) is 49.9 Å². The molecule has 0 radical (unpaired) electrons. The van der Waals surface area contributed by atoms with Gasteiger partial charge in [-0.15, -0.1) is 0 Å². The normalized spacial score (nSPS) is 16.4. The summed E-state index contributed by atoms with van der Waals surface area (Å²) in [6, 6.07) is 13.5. The Hall–Kier alpha value is -2.44. The van der Waals surface area contributed by atoms with Gasteiger partial charge < -0.3 is 19.7 Å². The number of anilines is 1. The lowest BCUT2D eigenvalue weighted by atomic mass is 10.1. The zero-order chi connectivity index (χ0) is 18.6. The van der Waals surface area contributed by atoms with Crippen molar-refractivity contribution in [2.45, 2.75) is 6.54 Å². The number of carbonyl (C=O) groups is 1. The van der Waals surface area contributed by atoms with Crippen LogP contribution in [0.5, 0.6) is 11.5 Å². The van der Waals surface area contributed by atoms with Crippen molar-refractivity contribution in [2.24, 2.45) is 0 Å². The number of hydrogen-bond acceptors (Lipinski definition) is 5. The van der Waals surface area contributed by atoms with E-state index in [9.17, 15) is 4.79 Å². The van der Waals surface area contributed by atoms with E-state index in [4.69, 9.17) is 21.1 Å². The Morgan fingerprint density at radius 3 is 2.67 bits per heavy atom. The molecule has 0 unspecified atom stereocenters. The molecule has 1 N–H and O–H groups in total. The van der Waals surface area contributed by atoms with Crippen LogP contribution in [0.25, 0.3) is 0 Å². The fourth-order valence-electron chi connectivity index (χ4n) is 3.34. The number of benzene rings is 2. The molecule has 0 atom stereocenters. The van der Waals surface area contributed by atoms with Gasteiger partial charge in [-0.1, -0.05) is 23.7 Å². The molecule has 0 bridgehead atoms. The molecule has 2 heterocycles. The minimum absolute atomic E-state index is 0.109. The first-order valence-electron chi connectivity index (χ1n) is 9.05. The molecule has 2 aliphatic heterocycles. The fraction of sp³-hybridized carbons (Fsp3) is 0.350. The number of amides is 1. The van der Waals surface area contributed by atoms with Crippen LogP contribution >= 0.6 is 11.6 Å². The van der Waals surface area contributed by atoms with Gasteiger partial charge in [0, 0.05) is 43.4 Å². The second-order valence-electron chi connectivity index (χ2n) is 6.71. The van der Waals surface area contributed by atoms with E-state index >= 15 is 0 Å². The first kappa shape index (κ1) is 17.9. The maximum atomic E-state index is 12.4. The van der Waals surface area contributed by atoms with E-state index in [1.54, 1.807) is 0 Å². The predicted molar refractivity (Wildman–Crippen MR) is 104 cm³/mol. The van der Waals surface area contributed by atoms with Crippen LogP contribution in [0.15, 0.2) is 42.5 Å². The minimum atomic E-state index is 0.109. The van der Waals surface area contributed by atoms with Gasteiger partial charge in [0.15, 0.2) is 11.5 Å². The summed E-state index contributed by atoms with van der Waals surface area (Å²) in [5.41, 5.74) is 2.05. The summed E-state index contributed by atoms with van der Waals surface area (Å²) in [6.07, 6.45) is 0. The number of nitrogens with one attached hydrogen (secondary N) is 1. The second-order valence-corrected chi connectivity index (χ2v) is 7.14. The summed E-state index contributed by atoms with van der Waals surface area (Å²) < 4.78 is 10.8. The molecule has 7 heteroatoms. The smallest absolute Gasteiger partial charge is 0.241 e. The van der Waals surface area contributed by atoms with Gasteiger partial charge in [-0.3, -0.25) is 9.69 Å². The summed E-state index contributed by atoms with van der Waals surface area (Å²) in [5, 5.41) is 3.80. The first-order valence-corrected chi connectivity index (χ1v) is 9.43. The van der Waals surface area contributed by atoms with Crippen LogP contribution in [0.3, 0.4) is 0 Å². The van der Waals surface area contributed by atoms with Crippen LogP contribution in [0.4, 0.5) is 5.69 Å². The molecular formula is C20H22ClN3O3. The molecule has 0 saturated carbocycles. The van der Waals surface area contributed by atoms with Gasteiger partial charge in [-0.05, 0) is 35.9 Å². The van der Waals surface area contributed by atoms with Gasteiger partial charge in [0.25, 0.3) is 0 Å². The van der Waals surface area contributed by atoms with E-state index in [1.807, 2.05) is 41.3 Å². The van der Waals surface area contributed by atoms with Crippen LogP contribution in [-0.4, -0.2) is 55.2 Å². The lowest BCUT2D eigenvalue weighted by Gasteiger charge is -2.35. The highest BCUT2D eigenvalue weighted by Gasteiger charge is 2.21. The van der Waals surface area contributed by atoms with Crippen molar-refractivity contribution in [2.75, 3.05) is 44.8 Å². The van der Waals surface area contributed by atoms with Crippen molar-refractivity contribution in [1.82, 2.24) is 9.80 Å². The number of piperazine rings is 1. The zero-order valence-corrected chi connectivity index (χ0v) is 15.7. The average molecular weight is 388 g/mol. The van der Waals surface area contributed by atoms with Crippen LogP contribution in [0.1, 0.15) is 5.56 Å². The van der Waals surface area contributed by atoms with Gasteiger partial charge >= 0.3 is 0 Å². The molecule has 2 aromatic rings. The van der Waals surface area contributed by atoms with Crippen LogP contribution < -0.4 is 14.8 Å². The molecule has 2 aromatic carbocycles. The predicted octanol–water partition coefficient (Wildman–Crippen LogP) is 2.83. The molecule has 0 spiro atoms. The maximum absolute atomic E-state index is 12.4. The second kappa shape index (κ2) is 8.06. The molecule has 1 saturated heterocycles. The summed E-state index contributed by atoms with van der Waals surface area (Å²) in [5.74, 6) is 1.73. The number of halogens is 1. The third-order valence-corrected chi connectivity index (χ3v) is 5.07. The molecule has 27 heavy (non-hydrogen) atoms. The average Bonchev–Trinajstić information content (AvgIpc) is 3.15. The zero-order valence-electron chi connectivity index (χ0n) is 15.0. The number of ether oxygens (including phenoxy) is 2. The van der Waals surface area contributed by atoms with E-state index in [2.05, 4.69) is 16.3 Å². The lowest BCUT2D eigenvalue weighted by molar-refractivity contribution is -0.131. The van der Waals surface area contributed by atoms with Gasteiger partial charge in [-0.25, -0.2) is 0 Å². The van der Waals surface area contributed by atoms with Gasteiger partial charge in [-0.2, -0.15) is 0 Å². The molecule has 4 rings (SSSR count). The monoisotopic (exact) mass is 387 g/mol. The van der Waals surface area contributed by atoms with Crippen molar-refractivity contribution in [3.8, 4) is 11.5 Å². The highest BCUT2D eigenvalue weighted by atomic mass is 35.5. The molecule has 6 nitrogen and oxygen atoms in total. The molecular weight excluding hydrogens is 366 g/mol. The number of rotatable bonds is 5. The summed E-state index contributed by atoms with van der Waals surface area (Å²) in [7, 11) is 0. The van der Waals surface area contributed by atoms with Gasteiger partial charge in [0.2, 0.25) is 12.7 Å². The Balaban J connectivity index is 1.24. The van der Waals surface area contributed by atoms with E-state index in [0.29, 0.717) is 11.8 Å². The van der Waals surface area contributed by atoms with Crippen LogP contribution in [-0.2, 0) is 11.3 Å². The first-order chi connectivity index (χ1) is 13.2. The standard InChI is InChI=1S/C20H22ClN3O3/c21-16-2-1-3-17(11-16)22-12-20(25)24-8-6-23(7-9-24)13-15-4-5-18-19(10-15)27-14-26-18/h1-5,10-11,22H,6-9,12-14H2. The number of carbonyl (C=O) groups excluding carboxylic acids is 1. The summed E-state index contributed by atoms with van der Waals surface area (Å²) >= 11 is 5.97. The van der Waals surface area contributed by atoms with Crippen LogP contribution in [0.2, 0.25) is 5.02 Å². The molecule has 0 aliphatic carbocycles. The van der Waals surface area contributed by atoms with Crippen molar-refractivity contribution < 1.29 is 14.3 Å². The number of hydrogen-bond donors (Lipinski definition) is 1.